The van der Waals surface area contributed by atoms with E-state index in [1.165, 1.54) is 0 Å². The first kappa shape index (κ1) is 18.1. The Morgan fingerprint density at radius 2 is 1.84 bits per heavy atom. The highest BCUT2D eigenvalue weighted by Gasteiger charge is 2.30. The smallest absolute Gasteiger partial charge is 0.315 e. The fourth-order valence-corrected chi connectivity index (χ4v) is 4.03. The van der Waals surface area contributed by atoms with Crippen LogP contribution in [0.1, 0.15) is 52.1 Å². The minimum absolute atomic E-state index is 0.0261. The number of hydrogen-bond donors (Lipinski definition) is 0. The lowest BCUT2D eigenvalue weighted by molar-refractivity contribution is -0.139. The number of rotatable bonds is 4. The molecule has 1 aliphatic rings. The molecule has 134 valence electrons. The summed E-state index contributed by atoms with van der Waals surface area (Å²) in [5.41, 5.74) is 0.629. The van der Waals surface area contributed by atoms with Crippen LogP contribution in [0.15, 0.2) is 40.1 Å². The standard InChI is InChI=1S/C20H26N2O2S/c1-14-17(25-16-12-6-5-7-13-16)18(22(21-14)20(2,3)4)24-19(23)15-10-8-9-11-15/h5-7,12-13,15H,8-11H2,1-4H3. The van der Waals surface area contributed by atoms with E-state index in [0.717, 1.165) is 41.2 Å². The molecule has 0 N–H and O–H groups in total. The van der Waals surface area contributed by atoms with Crippen LogP contribution >= 0.6 is 11.8 Å². The van der Waals surface area contributed by atoms with Gasteiger partial charge in [-0.05, 0) is 52.7 Å². The van der Waals surface area contributed by atoms with Crippen LogP contribution in [0, 0.1) is 12.8 Å². The summed E-state index contributed by atoms with van der Waals surface area (Å²) >= 11 is 1.60. The molecule has 0 atom stereocenters. The van der Waals surface area contributed by atoms with E-state index >= 15 is 0 Å². The topological polar surface area (TPSA) is 44.1 Å². The number of nitrogens with zero attached hydrogens (tertiary/aromatic N) is 2. The second-order valence-electron chi connectivity index (χ2n) is 7.62. The lowest BCUT2D eigenvalue weighted by Crippen LogP contribution is -2.27. The fraction of sp³-hybridized carbons (Fsp3) is 0.500. The van der Waals surface area contributed by atoms with Gasteiger partial charge in [-0.2, -0.15) is 5.10 Å². The number of carbonyl (C=O) groups is 1. The first-order valence-electron chi connectivity index (χ1n) is 8.91. The lowest BCUT2D eigenvalue weighted by atomic mass is 10.1. The highest BCUT2D eigenvalue weighted by molar-refractivity contribution is 7.99. The molecule has 0 spiro atoms. The molecule has 0 aliphatic heterocycles. The maximum atomic E-state index is 12.6. The Hall–Kier alpha value is -1.75. The van der Waals surface area contributed by atoms with Crippen molar-refractivity contribution in [3.05, 3.63) is 36.0 Å². The van der Waals surface area contributed by atoms with Crippen molar-refractivity contribution in [1.82, 2.24) is 9.78 Å². The molecule has 1 fully saturated rings. The minimum Gasteiger partial charge on any atom is -0.406 e. The average molecular weight is 359 g/mol. The number of aryl methyl sites for hydroxylation is 1. The Bertz CT molecular complexity index is 741. The summed E-state index contributed by atoms with van der Waals surface area (Å²) in [6.07, 6.45) is 4.09. The van der Waals surface area contributed by atoms with E-state index < -0.39 is 0 Å². The van der Waals surface area contributed by atoms with Gasteiger partial charge in [0.2, 0.25) is 5.88 Å². The molecular formula is C20H26N2O2S. The number of hydrogen-bond acceptors (Lipinski definition) is 4. The van der Waals surface area contributed by atoms with E-state index in [-0.39, 0.29) is 17.4 Å². The third-order valence-electron chi connectivity index (χ3n) is 4.45. The van der Waals surface area contributed by atoms with Gasteiger partial charge < -0.3 is 4.74 Å². The van der Waals surface area contributed by atoms with E-state index in [2.05, 4.69) is 38.0 Å². The summed E-state index contributed by atoms with van der Waals surface area (Å²) in [6, 6.07) is 10.1. The number of esters is 1. The van der Waals surface area contributed by atoms with Gasteiger partial charge in [0.25, 0.3) is 0 Å². The van der Waals surface area contributed by atoms with Crippen molar-refractivity contribution in [2.75, 3.05) is 0 Å². The zero-order valence-electron chi connectivity index (χ0n) is 15.4. The van der Waals surface area contributed by atoms with Gasteiger partial charge in [-0.3, -0.25) is 4.79 Å². The molecule has 4 nitrogen and oxygen atoms in total. The Morgan fingerprint density at radius 1 is 1.20 bits per heavy atom. The van der Waals surface area contributed by atoms with Gasteiger partial charge in [-0.15, -0.1) is 0 Å². The van der Waals surface area contributed by atoms with E-state index in [1.54, 1.807) is 11.8 Å². The Labute approximate surface area is 154 Å². The van der Waals surface area contributed by atoms with E-state index in [9.17, 15) is 4.79 Å². The molecule has 5 heteroatoms. The first-order valence-corrected chi connectivity index (χ1v) is 9.72. The monoisotopic (exact) mass is 358 g/mol. The molecule has 1 heterocycles. The molecule has 1 aliphatic carbocycles. The van der Waals surface area contributed by atoms with Crippen LogP contribution < -0.4 is 4.74 Å². The summed E-state index contributed by atoms with van der Waals surface area (Å²) in [7, 11) is 0. The predicted molar refractivity (Wildman–Crippen MR) is 100 cm³/mol. The first-order chi connectivity index (χ1) is 11.9. The van der Waals surface area contributed by atoms with Crippen LogP contribution in [0.3, 0.4) is 0 Å². The number of carbonyl (C=O) groups excluding carboxylic acids is 1. The zero-order chi connectivity index (χ0) is 18.0. The van der Waals surface area contributed by atoms with Crippen LogP contribution in [-0.2, 0) is 10.3 Å². The van der Waals surface area contributed by atoms with Gasteiger partial charge in [-0.1, -0.05) is 42.8 Å². The molecular weight excluding hydrogens is 332 g/mol. The van der Waals surface area contributed by atoms with Gasteiger partial charge in [-0.25, -0.2) is 4.68 Å². The Morgan fingerprint density at radius 3 is 2.44 bits per heavy atom. The molecule has 0 saturated heterocycles. The number of benzene rings is 1. The molecule has 25 heavy (non-hydrogen) atoms. The van der Waals surface area contributed by atoms with E-state index in [0.29, 0.717) is 5.88 Å². The van der Waals surface area contributed by atoms with E-state index in [4.69, 9.17) is 4.74 Å². The van der Waals surface area contributed by atoms with Crippen molar-refractivity contribution in [3.63, 3.8) is 0 Å². The van der Waals surface area contributed by atoms with Crippen molar-refractivity contribution in [1.29, 1.82) is 0 Å². The van der Waals surface area contributed by atoms with Gasteiger partial charge in [0, 0.05) is 4.90 Å². The lowest BCUT2D eigenvalue weighted by Gasteiger charge is -2.22. The molecule has 0 radical (unpaired) electrons. The second kappa shape index (κ2) is 7.24. The highest BCUT2D eigenvalue weighted by Crippen LogP contribution is 2.40. The van der Waals surface area contributed by atoms with Crippen molar-refractivity contribution in [2.24, 2.45) is 5.92 Å². The summed E-state index contributed by atoms with van der Waals surface area (Å²) in [6.45, 7) is 8.19. The van der Waals surface area contributed by atoms with Gasteiger partial charge in [0.15, 0.2) is 0 Å². The molecule has 0 unspecified atom stereocenters. The molecule has 3 rings (SSSR count). The quantitative estimate of drug-likeness (QED) is 0.705. The molecule has 1 aromatic carbocycles. The Balaban J connectivity index is 1.95. The van der Waals surface area contributed by atoms with Crippen molar-refractivity contribution in [3.8, 4) is 5.88 Å². The summed E-state index contributed by atoms with van der Waals surface area (Å²) in [5, 5.41) is 4.68. The van der Waals surface area contributed by atoms with Crippen molar-refractivity contribution >= 4 is 17.7 Å². The van der Waals surface area contributed by atoms with Crippen molar-refractivity contribution in [2.45, 2.75) is 68.7 Å². The zero-order valence-corrected chi connectivity index (χ0v) is 16.2. The molecule has 0 amide bonds. The normalized spacial score (nSPS) is 15.5. The summed E-state index contributed by atoms with van der Waals surface area (Å²) < 4.78 is 7.77. The molecule has 2 aromatic rings. The predicted octanol–water partition coefficient (Wildman–Crippen LogP) is 5.19. The maximum Gasteiger partial charge on any atom is 0.315 e. The Kier molecular flexibility index (Phi) is 5.23. The average Bonchev–Trinajstić information content (AvgIpc) is 3.19. The molecule has 1 saturated carbocycles. The van der Waals surface area contributed by atoms with Gasteiger partial charge in [0.05, 0.1) is 22.0 Å². The van der Waals surface area contributed by atoms with Crippen molar-refractivity contribution < 1.29 is 9.53 Å². The molecule has 0 bridgehead atoms. The fourth-order valence-electron chi connectivity index (χ4n) is 3.10. The third-order valence-corrected chi connectivity index (χ3v) is 5.63. The van der Waals surface area contributed by atoms with E-state index in [1.807, 2.05) is 29.8 Å². The largest absolute Gasteiger partial charge is 0.406 e. The third kappa shape index (κ3) is 4.09. The number of ether oxygens (including phenoxy) is 1. The second-order valence-corrected chi connectivity index (χ2v) is 8.70. The summed E-state index contributed by atoms with van der Waals surface area (Å²) in [5.74, 6) is 0.492. The summed E-state index contributed by atoms with van der Waals surface area (Å²) in [4.78, 5) is 14.7. The SMILES string of the molecule is Cc1nn(C(C)(C)C)c(OC(=O)C2CCCC2)c1Sc1ccccc1. The van der Waals surface area contributed by atoms with Crippen LogP contribution in [-0.4, -0.2) is 15.7 Å². The van der Waals surface area contributed by atoms with Crippen LogP contribution in [0.2, 0.25) is 0 Å². The van der Waals surface area contributed by atoms with Gasteiger partial charge >= 0.3 is 5.97 Å². The highest BCUT2D eigenvalue weighted by atomic mass is 32.2. The molecule has 1 aromatic heterocycles. The van der Waals surface area contributed by atoms with Crippen LogP contribution in [0.4, 0.5) is 0 Å². The van der Waals surface area contributed by atoms with Crippen LogP contribution in [0.5, 0.6) is 5.88 Å². The number of aromatic nitrogens is 2. The van der Waals surface area contributed by atoms with Gasteiger partial charge in [0.1, 0.15) is 0 Å². The van der Waals surface area contributed by atoms with Crippen LogP contribution in [0.25, 0.3) is 0 Å². The minimum atomic E-state index is -0.258. The maximum absolute atomic E-state index is 12.6.